The highest BCUT2D eigenvalue weighted by Crippen LogP contribution is 2.42. The van der Waals surface area contributed by atoms with Gasteiger partial charge in [-0.15, -0.1) is 0 Å². The molecule has 2 bridgehead atoms. The van der Waals surface area contributed by atoms with Crippen molar-refractivity contribution in [1.82, 2.24) is 29.6 Å². The Hall–Kier alpha value is -3.22. The van der Waals surface area contributed by atoms with Crippen LogP contribution in [-0.4, -0.2) is 68.8 Å². The second kappa shape index (κ2) is 11.9. The van der Waals surface area contributed by atoms with Gasteiger partial charge in [-0.2, -0.15) is 5.10 Å². The van der Waals surface area contributed by atoms with Gasteiger partial charge in [0.2, 0.25) is 0 Å². The van der Waals surface area contributed by atoms with Crippen LogP contribution in [0.15, 0.2) is 24.7 Å². The zero-order valence-corrected chi connectivity index (χ0v) is 28.9. The van der Waals surface area contributed by atoms with E-state index in [0.717, 1.165) is 37.5 Å². The minimum atomic E-state index is -1.27. The molecular formula is C32H43ClFN7O3Si. The van der Waals surface area contributed by atoms with Gasteiger partial charge < -0.3 is 24.3 Å². The van der Waals surface area contributed by atoms with E-state index in [1.807, 2.05) is 37.7 Å². The van der Waals surface area contributed by atoms with E-state index in [1.165, 1.54) is 6.07 Å². The number of nitrogens with zero attached hydrogens (tertiary/aromatic N) is 6. The Morgan fingerprint density at radius 3 is 2.51 bits per heavy atom. The van der Waals surface area contributed by atoms with Gasteiger partial charge in [0.15, 0.2) is 11.5 Å². The van der Waals surface area contributed by atoms with Gasteiger partial charge >= 0.3 is 6.09 Å². The lowest BCUT2D eigenvalue weighted by Gasteiger charge is -2.39. The third kappa shape index (κ3) is 6.68. The Morgan fingerprint density at radius 1 is 1.13 bits per heavy atom. The lowest BCUT2D eigenvalue weighted by molar-refractivity contribution is 0.0492. The Bertz CT molecular complexity index is 1730. The maximum absolute atomic E-state index is 15.2. The van der Waals surface area contributed by atoms with E-state index >= 15 is 4.39 Å². The van der Waals surface area contributed by atoms with Crippen LogP contribution in [0.5, 0.6) is 0 Å². The zero-order valence-electron chi connectivity index (χ0n) is 27.2. The Morgan fingerprint density at radius 2 is 1.84 bits per heavy atom. The number of benzene rings is 1. The summed E-state index contributed by atoms with van der Waals surface area (Å²) in [5.41, 5.74) is 2.21. The second-order valence-corrected chi connectivity index (χ2v) is 20.7. The topological polar surface area (TPSA) is 99.3 Å². The number of carbonyl (C=O) groups is 1. The Labute approximate surface area is 269 Å². The van der Waals surface area contributed by atoms with Crippen molar-refractivity contribution in [3.05, 3.63) is 35.5 Å². The summed E-state index contributed by atoms with van der Waals surface area (Å²) in [6.07, 6.45) is 8.72. The highest BCUT2D eigenvalue weighted by molar-refractivity contribution is 6.76. The lowest BCUT2D eigenvalue weighted by Crippen LogP contribution is -2.51. The van der Waals surface area contributed by atoms with Crippen molar-refractivity contribution in [2.24, 2.45) is 7.05 Å². The molecule has 2 unspecified atom stereocenters. The average molecular weight is 656 g/mol. The molecule has 2 aliphatic rings. The number of nitrogens with one attached hydrogen (secondary N) is 1. The predicted molar refractivity (Wildman–Crippen MR) is 178 cm³/mol. The monoisotopic (exact) mass is 655 g/mol. The fraction of sp³-hybridized carbons (Fsp3) is 0.562. The number of halogens is 2. The molecule has 10 nitrogen and oxygen atoms in total. The van der Waals surface area contributed by atoms with Crippen LogP contribution in [-0.2, 0) is 23.3 Å². The summed E-state index contributed by atoms with van der Waals surface area (Å²) in [7, 11) is 0.473. The number of hydrogen-bond donors (Lipinski definition) is 1. The van der Waals surface area contributed by atoms with Crippen LogP contribution in [0, 0.1) is 5.82 Å². The largest absolute Gasteiger partial charge is 0.444 e. The number of hydrogen-bond acceptors (Lipinski definition) is 7. The number of carbonyl (C=O) groups excluding carboxylic acids is 1. The molecule has 13 heteroatoms. The van der Waals surface area contributed by atoms with Gasteiger partial charge in [0.1, 0.15) is 29.2 Å². The maximum Gasteiger partial charge on any atom is 0.407 e. The van der Waals surface area contributed by atoms with Gasteiger partial charge in [-0.25, -0.2) is 19.2 Å². The summed E-state index contributed by atoms with van der Waals surface area (Å²) in [6, 6.07) is 2.96. The number of aryl methyl sites for hydroxylation is 1. The average Bonchev–Trinajstić information content (AvgIpc) is 3.58. The van der Waals surface area contributed by atoms with Crippen molar-refractivity contribution in [1.29, 1.82) is 0 Å². The van der Waals surface area contributed by atoms with Crippen molar-refractivity contribution in [3.8, 4) is 11.1 Å². The quantitative estimate of drug-likeness (QED) is 0.159. The van der Waals surface area contributed by atoms with E-state index in [-0.39, 0.29) is 29.7 Å². The van der Waals surface area contributed by atoms with Crippen LogP contribution in [0.3, 0.4) is 0 Å². The molecule has 5 heterocycles. The molecular weight excluding hydrogens is 613 g/mol. The summed E-state index contributed by atoms with van der Waals surface area (Å²) >= 11 is 6.88. The van der Waals surface area contributed by atoms with Crippen molar-refractivity contribution in [2.75, 3.05) is 11.5 Å². The van der Waals surface area contributed by atoms with E-state index in [4.69, 9.17) is 31.0 Å². The maximum atomic E-state index is 15.2. The molecule has 1 aromatic carbocycles. The molecule has 4 aromatic rings. The Balaban J connectivity index is 1.32. The molecule has 242 valence electrons. The zero-order chi connectivity index (χ0) is 32.3. The van der Waals surface area contributed by atoms with Crippen LogP contribution in [0.1, 0.15) is 46.5 Å². The molecule has 0 spiro atoms. The fourth-order valence-electron chi connectivity index (χ4n) is 6.57. The number of rotatable bonds is 8. The van der Waals surface area contributed by atoms with Gasteiger partial charge in [0.05, 0.1) is 11.2 Å². The van der Waals surface area contributed by atoms with Crippen molar-refractivity contribution in [3.63, 3.8) is 0 Å². The van der Waals surface area contributed by atoms with Crippen molar-refractivity contribution in [2.45, 2.75) is 103 Å². The van der Waals surface area contributed by atoms with Gasteiger partial charge in [0.25, 0.3) is 0 Å². The SMILES string of the molecule is Cn1cc2c(Cl)c(-c3cn(COCC[Si](C)(C)C)c4nc(N5C6CCC5CC(NC(=O)OC(C)(C)C)C6)cnc34)cc(F)c2n1. The van der Waals surface area contributed by atoms with Crippen LogP contribution in [0.2, 0.25) is 30.7 Å². The molecule has 2 aliphatic heterocycles. The van der Waals surface area contributed by atoms with Crippen molar-refractivity contribution >= 4 is 53.7 Å². The van der Waals surface area contributed by atoms with Crippen LogP contribution < -0.4 is 10.2 Å². The molecule has 0 saturated carbocycles. The first-order chi connectivity index (χ1) is 21.2. The molecule has 1 amide bonds. The van der Waals surface area contributed by atoms with Crippen molar-refractivity contribution < 1.29 is 18.7 Å². The number of amides is 1. The first-order valence-corrected chi connectivity index (χ1v) is 19.8. The summed E-state index contributed by atoms with van der Waals surface area (Å²) in [5.74, 6) is 0.347. The molecule has 2 saturated heterocycles. The van der Waals surface area contributed by atoms with E-state index < -0.39 is 19.5 Å². The summed E-state index contributed by atoms with van der Waals surface area (Å²) in [6.45, 7) is 13.5. The third-order valence-electron chi connectivity index (χ3n) is 8.59. The number of alkyl carbamates (subject to hydrolysis) is 1. The Kier molecular flexibility index (Phi) is 8.36. The predicted octanol–water partition coefficient (Wildman–Crippen LogP) is 7.11. The summed E-state index contributed by atoms with van der Waals surface area (Å²) < 4.78 is 30.4. The molecule has 0 radical (unpaired) electrons. The molecule has 45 heavy (non-hydrogen) atoms. The standard InChI is InChI=1S/C32H43ClFN7O3Si/c1-32(2,3)44-31(42)36-19-12-20-8-9-21(13-19)41(20)26-15-35-29-23(17-40(30(29)37-26)18-43-10-11-45(5,6)7)22-14-25(34)28-24(27(22)33)16-39(4)38-28/h14-17,19-21H,8-13,18H2,1-7H3,(H,36,42). The van der Waals surface area contributed by atoms with Crippen LogP contribution in [0.4, 0.5) is 15.0 Å². The summed E-state index contributed by atoms with van der Waals surface area (Å²) in [4.78, 5) is 24.9. The molecule has 3 aromatic heterocycles. The van der Waals surface area contributed by atoms with E-state index in [0.29, 0.717) is 46.0 Å². The highest BCUT2D eigenvalue weighted by atomic mass is 35.5. The third-order valence-corrected chi connectivity index (χ3v) is 10.7. The van der Waals surface area contributed by atoms with Gasteiger partial charge in [-0.1, -0.05) is 31.2 Å². The van der Waals surface area contributed by atoms with Gasteiger partial charge in [-0.3, -0.25) is 4.68 Å². The second-order valence-electron chi connectivity index (χ2n) is 14.7. The van der Waals surface area contributed by atoms with Crippen LogP contribution in [0.25, 0.3) is 33.2 Å². The van der Waals surface area contributed by atoms with E-state index in [1.54, 1.807) is 17.9 Å². The fourth-order valence-corrected chi connectivity index (χ4v) is 7.62. The van der Waals surface area contributed by atoms with Gasteiger partial charge in [0, 0.05) is 68.8 Å². The lowest BCUT2D eigenvalue weighted by atomic mass is 9.97. The van der Waals surface area contributed by atoms with Crippen LogP contribution >= 0.6 is 11.6 Å². The normalized spacial score (nSPS) is 20.4. The highest BCUT2D eigenvalue weighted by Gasteiger charge is 2.42. The summed E-state index contributed by atoms with van der Waals surface area (Å²) in [5, 5.41) is 8.28. The number of ether oxygens (including phenoxy) is 2. The molecule has 1 N–H and O–H groups in total. The number of piperidine rings is 1. The van der Waals surface area contributed by atoms with E-state index in [2.05, 4.69) is 35.0 Å². The minimum absolute atomic E-state index is 0.0416. The molecule has 2 fully saturated rings. The smallest absolute Gasteiger partial charge is 0.407 e. The first kappa shape index (κ1) is 31.7. The number of fused-ring (bicyclic) bond motifs is 4. The molecule has 0 aliphatic carbocycles. The molecule has 2 atom stereocenters. The van der Waals surface area contributed by atoms with E-state index in [9.17, 15) is 4.79 Å². The number of anilines is 1. The number of aromatic nitrogens is 5. The molecule has 6 rings (SSSR count). The minimum Gasteiger partial charge on any atom is -0.444 e. The van der Waals surface area contributed by atoms with Gasteiger partial charge in [-0.05, 0) is 58.6 Å². The first-order valence-electron chi connectivity index (χ1n) is 15.7.